The highest BCUT2D eigenvalue weighted by molar-refractivity contribution is 9.10. The number of amides is 1. The number of nitrogens with zero attached hydrogens (tertiary/aromatic N) is 1. The summed E-state index contributed by atoms with van der Waals surface area (Å²) < 4.78 is 17.8. The van der Waals surface area contributed by atoms with Crippen LogP contribution in [0.25, 0.3) is 11.3 Å². The Labute approximate surface area is 176 Å². The van der Waals surface area contributed by atoms with Gasteiger partial charge in [-0.05, 0) is 48.4 Å². The van der Waals surface area contributed by atoms with Gasteiger partial charge in [0.1, 0.15) is 24.7 Å². The van der Waals surface area contributed by atoms with Gasteiger partial charge in [0.05, 0.1) is 12.6 Å². The van der Waals surface area contributed by atoms with Crippen molar-refractivity contribution >= 4 is 28.1 Å². The first kappa shape index (κ1) is 19.3. The van der Waals surface area contributed by atoms with E-state index in [4.69, 9.17) is 13.9 Å². The Balaban J connectivity index is 1.35. The molecule has 1 aromatic heterocycles. The molecule has 0 spiro atoms. The summed E-state index contributed by atoms with van der Waals surface area (Å²) in [5.74, 6) is 2.42. The van der Waals surface area contributed by atoms with Gasteiger partial charge in [-0.25, -0.2) is 5.43 Å². The lowest BCUT2D eigenvalue weighted by atomic mass is 10.1. The highest BCUT2D eigenvalue weighted by atomic mass is 79.9. The number of carbonyl (C=O) groups excluding carboxylic acids is 1. The standard InChI is InChI=1S/C22H19BrN2O4/c1-14-2-4-16(12-18(14)23)19-7-5-17(29-19)13-24-25-22(26)11-15-3-6-20-21(10-15)28-9-8-27-20/h2-7,10,12-13H,8-9,11H2,1H3,(H,25,26)/b24-13-. The summed E-state index contributed by atoms with van der Waals surface area (Å²) in [6.45, 7) is 3.08. The zero-order valence-corrected chi connectivity index (χ0v) is 17.4. The maximum Gasteiger partial charge on any atom is 0.244 e. The number of halogens is 1. The summed E-state index contributed by atoms with van der Waals surface area (Å²) in [6.07, 6.45) is 1.67. The molecule has 4 rings (SSSR count). The van der Waals surface area contributed by atoms with E-state index >= 15 is 0 Å². The van der Waals surface area contributed by atoms with Crippen LogP contribution in [0.5, 0.6) is 11.5 Å². The Morgan fingerprint density at radius 3 is 2.76 bits per heavy atom. The van der Waals surface area contributed by atoms with Crippen LogP contribution in [0.3, 0.4) is 0 Å². The number of aryl methyl sites for hydroxylation is 1. The number of ether oxygens (including phenoxy) is 2. The quantitative estimate of drug-likeness (QED) is 0.455. The number of hydrogen-bond acceptors (Lipinski definition) is 5. The Bertz CT molecular complexity index is 1070. The smallest absolute Gasteiger partial charge is 0.244 e. The average Bonchev–Trinajstić information content (AvgIpc) is 3.19. The van der Waals surface area contributed by atoms with Gasteiger partial charge in [0, 0.05) is 10.0 Å². The molecule has 0 unspecified atom stereocenters. The number of carbonyl (C=O) groups is 1. The molecule has 7 heteroatoms. The van der Waals surface area contributed by atoms with Crippen LogP contribution in [0.4, 0.5) is 0 Å². The molecular formula is C22H19BrN2O4. The molecule has 6 nitrogen and oxygen atoms in total. The van der Waals surface area contributed by atoms with Gasteiger partial charge < -0.3 is 13.9 Å². The van der Waals surface area contributed by atoms with Gasteiger partial charge in [-0.3, -0.25) is 4.79 Å². The van der Waals surface area contributed by atoms with Crippen LogP contribution >= 0.6 is 15.9 Å². The second kappa shape index (κ2) is 8.53. The largest absolute Gasteiger partial charge is 0.486 e. The zero-order valence-electron chi connectivity index (χ0n) is 15.8. The summed E-state index contributed by atoms with van der Waals surface area (Å²) >= 11 is 3.53. The monoisotopic (exact) mass is 454 g/mol. The van der Waals surface area contributed by atoms with Crippen LogP contribution in [0, 0.1) is 6.92 Å². The number of benzene rings is 2. The topological polar surface area (TPSA) is 73.1 Å². The Morgan fingerprint density at radius 1 is 1.10 bits per heavy atom. The van der Waals surface area contributed by atoms with Crippen molar-refractivity contribution in [1.29, 1.82) is 0 Å². The van der Waals surface area contributed by atoms with E-state index in [0.717, 1.165) is 26.9 Å². The number of hydrazone groups is 1. The Morgan fingerprint density at radius 2 is 1.93 bits per heavy atom. The Kier molecular flexibility index (Phi) is 5.67. The molecule has 148 valence electrons. The molecule has 0 bridgehead atoms. The molecule has 2 heterocycles. The first-order valence-corrected chi connectivity index (χ1v) is 9.94. The van der Waals surface area contributed by atoms with E-state index in [2.05, 4.69) is 26.5 Å². The normalized spacial score (nSPS) is 12.9. The average molecular weight is 455 g/mol. The molecule has 29 heavy (non-hydrogen) atoms. The predicted octanol–water partition coefficient (Wildman–Crippen LogP) is 4.48. The van der Waals surface area contributed by atoms with Crippen molar-refractivity contribution < 1.29 is 18.7 Å². The molecule has 1 aliphatic rings. The molecule has 0 fully saturated rings. The van der Waals surface area contributed by atoms with E-state index in [0.29, 0.717) is 30.5 Å². The third kappa shape index (κ3) is 4.68. The molecule has 0 saturated carbocycles. The van der Waals surface area contributed by atoms with Crippen LogP contribution in [-0.2, 0) is 11.2 Å². The minimum atomic E-state index is -0.229. The van der Waals surface area contributed by atoms with Gasteiger partial charge in [-0.2, -0.15) is 5.10 Å². The molecule has 0 radical (unpaired) electrons. The van der Waals surface area contributed by atoms with Crippen molar-refractivity contribution in [2.24, 2.45) is 5.10 Å². The first-order chi connectivity index (χ1) is 14.1. The minimum absolute atomic E-state index is 0.189. The van der Waals surface area contributed by atoms with Crippen molar-refractivity contribution in [3.63, 3.8) is 0 Å². The zero-order chi connectivity index (χ0) is 20.2. The van der Waals surface area contributed by atoms with Gasteiger partial charge >= 0.3 is 0 Å². The fraction of sp³-hybridized carbons (Fsp3) is 0.182. The molecule has 1 amide bonds. The van der Waals surface area contributed by atoms with Gasteiger partial charge in [0.15, 0.2) is 11.5 Å². The highest BCUT2D eigenvalue weighted by Gasteiger charge is 2.13. The SMILES string of the molecule is Cc1ccc(-c2ccc(/C=N\NC(=O)Cc3ccc4c(c3)OCCO4)o2)cc1Br. The van der Waals surface area contributed by atoms with Gasteiger partial charge in [-0.1, -0.05) is 34.1 Å². The summed E-state index contributed by atoms with van der Waals surface area (Å²) in [5.41, 5.74) is 5.46. The fourth-order valence-corrected chi connectivity index (χ4v) is 3.29. The van der Waals surface area contributed by atoms with Crippen molar-refractivity contribution in [2.75, 3.05) is 13.2 Å². The minimum Gasteiger partial charge on any atom is -0.486 e. The maximum atomic E-state index is 12.1. The number of nitrogens with one attached hydrogen (secondary N) is 1. The van der Waals surface area contributed by atoms with E-state index in [-0.39, 0.29) is 12.3 Å². The molecule has 0 saturated heterocycles. The molecular weight excluding hydrogens is 436 g/mol. The lowest BCUT2D eigenvalue weighted by molar-refractivity contribution is -0.120. The van der Waals surface area contributed by atoms with E-state index in [1.165, 1.54) is 6.21 Å². The van der Waals surface area contributed by atoms with Gasteiger partial charge in [0.2, 0.25) is 5.91 Å². The van der Waals surface area contributed by atoms with Crippen LogP contribution in [0.1, 0.15) is 16.9 Å². The summed E-state index contributed by atoms with van der Waals surface area (Å²) in [4.78, 5) is 12.1. The van der Waals surface area contributed by atoms with Crippen LogP contribution < -0.4 is 14.9 Å². The number of hydrogen-bond donors (Lipinski definition) is 1. The summed E-state index contributed by atoms with van der Waals surface area (Å²) in [5, 5.41) is 3.98. The molecule has 3 aromatic rings. The molecule has 0 aliphatic carbocycles. The number of furan rings is 1. The summed E-state index contributed by atoms with van der Waals surface area (Å²) in [6, 6.07) is 15.2. The predicted molar refractivity (Wildman–Crippen MR) is 113 cm³/mol. The highest BCUT2D eigenvalue weighted by Crippen LogP contribution is 2.31. The molecule has 0 atom stereocenters. The van der Waals surface area contributed by atoms with Gasteiger partial charge in [-0.15, -0.1) is 0 Å². The van der Waals surface area contributed by atoms with Crippen LogP contribution in [-0.4, -0.2) is 25.3 Å². The van der Waals surface area contributed by atoms with Gasteiger partial charge in [0.25, 0.3) is 0 Å². The van der Waals surface area contributed by atoms with Crippen LogP contribution in [0.2, 0.25) is 0 Å². The number of rotatable bonds is 5. The molecule has 1 N–H and O–H groups in total. The number of fused-ring (bicyclic) bond motifs is 1. The van der Waals surface area contributed by atoms with E-state index < -0.39 is 0 Å². The van der Waals surface area contributed by atoms with Crippen molar-refractivity contribution in [2.45, 2.75) is 13.3 Å². The van der Waals surface area contributed by atoms with Crippen LogP contribution in [0.15, 0.2) is 62.5 Å². The Hall–Kier alpha value is -3.06. The van der Waals surface area contributed by atoms with E-state index in [1.54, 1.807) is 6.07 Å². The van der Waals surface area contributed by atoms with Crippen molar-refractivity contribution in [1.82, 2.24) is 5.43 Å². The van der Waals surface area contributed by atoms with Crippen molar-refractivity contribution in [3.05, 3.63) is 69.9 Å². The third-order valence-electron chi connectivity index (χ3n) is 4.44. The van der Waals surface area contributed by atoms with E-state index in [9.17, 15) is 4.79 Å². The third-order valence-corrected chi connectivity index (χ3v) is 5.29. The van der Waals surface area contributed by atoms with E-state index in [1.807, 2.05) is 49.4 Å². The van der Waals surface area contributed by atoms with Crippen molar-refractivity contribution in [3.8, 4) is 22.8 Å². The summed E-state index contributed by atoms with van der Waals surface area (Å²) in [7, 11) is 0. The second-order valence-corrected chi connectivity index (χ2v) is 7.47. The first-order valence-electron chi connectivity index (χ1n) is 9.15. The fourth-order valence-electron chi connectivity index (χ4n) is 2.91. The lowest BCUT2D eigenvalue weighted by Crippen LogP contribution is -2.20. The molecule has 1 aliphatic heterocycles. The lowest BCUT2D eigenvalue weighted by Gasteiger charge is -2.18. The molecule has 2 aromatic carbocycles. The second-order valence-electron chi connectivity index (χ2n) is 6.61. The maximum absolute atomic E-state index is 12.1.